The first-order chi connectivity index (χ1) is 16.6. The predicted octanol–water partition coefficient (Wildman–Crippen LogP) is 5.20. The molecule has 0 aliphatic carbocycles. The highest BCUT2D eigenvalue weighted by Gasteiger charge is 2.31. The van der Waals surface area contributed by atoms with E-state index < -0.39 is 29.2 Å². The van der Waals surface area contributed by atoms with Gasteiger partial charge in [-0.3, -0.25) is 9.59 Å². The quantitative estimate of drug-likeness (QED) is 0.380. The average molecular weight is 501 g/mol. The molecule has 35 heavy (non-hydrogen) atoms. The molecule has 0 fully saturated rings. The summed E-state index contributed by atoms with van der Waals surface area (Å²) in [5.74, 6) is -1.59. The molecule has 0 radical (unpaired) electrons. The number of rotatable bonds is 5. The molecule has 1 N–H and O–H groups in total. The fraction of sp³-hybridized carbons (Fsp3) is 0.167. The van der Waals surface area contributed by atoms with E-state index in [2.05, 4.69) is 10.4 Å². The molecule has 1 amide bonds. The van der Waals surface area contributed by atoms with Crippen LogP contribution in [0.3, 0.4) is 0 Å². The van der Waals surface area contributed by atoms with Gasteiger partial charge in [0, 0.05) is 16.3 Å². The Morgan fingerprint density at radius 2 is 1.86 bits per heavy atom. The number of fused-ring (bicyclic) bond motifs is 1. The van der Waals surface area contributed by atoms with Crippen LogP contribution < -0.4 is 10.9 Å². The zero-order valence-corrected chi connectivity index (χ0v) is 19.3. The minimum absolute atomic E-state index is 0.00560. The van der Waals surface area contributed by atoms with Gasteiger partial charge in [-0.25, -0.2) is 4.79 Å². The highest BCUT2D eigenvalue weighted by atomic mass is 32.1. The van der Waals surface area contributed by atoms with Gasteiger partial charge >= 0.3 is 12.1 Å². The van der Waals surface area contributed by atoms with Crippen LogP contribution in [0.1, 0.15) is 38.9 Å². The Labute approximate surface area is 200 Å². The van der Waals surface area contributed by atoms with Gasteiger partial charge in [-0.2, -0.15) is 23.0 Å². The topological polar surface area (TPSA) is 90.3 Å². The third kappa shape index (κ3) is 4.80. The second-order valence-electron chi connectivity index (χ2n) is 7.51. The van der Waals surface area contributed by atoms with E-state index in [1.807, 2.05) is 6.92 Å². The molecule has 4 rings (SSSR count). The van der Waals surface area contributed by atoms with Crippen LogP contribution >= 0.6 is 11.3 Å². The molecule has 0 saturated heterocycles. The fourth-order valence-corrected chi connectivity index (χ4v) is 4.30. The van der Waals surface area contributed by atoms with Gasteiger partial charge in [0.1, 0.15) is 5.00 Å². The smallest absolute Gasteiger partial charge is 0.416 e. The first-order valence-corrected chi connectivity index (χ1v) is 11.3. The van der Waals surface area contributed by atoms with E-state index in [0.717, 1.165) is 39.8 Å². The maximum absolute atomic E-state index is 13.4. The molecule has 2 heterocycles. The number of hydrogen-bond acceptors (Lipinski definition) is 6. The Bertz CT molecular complexity index is 1490. The van der Waals surface area contributed by atoms with E-state index in [-0.39, 0.29) is 33.6 Å². The van der Waals surface area contributed by atoms with Crippen molar-refractivity contribution >= 4 is 39.0 Å². The predicted molar refractivity (Wildman–Crippen MR) is 125 cm³/mol. The number of nitrogens with zero attached hydrogens (tertiary/aromatic N) is 2. The SMILES string of the molecule is CCOC(=O)c1nn(-c2ccc(C)cc2)c(=O)c2c(NC(=O)c3cccc(C(F)(F)F)c3)scc12. The van der Waals surface area contributed by atoms with Crippen LogP contribution in [0.4, 0.5) is 18.2 Å². The lowest BCUT2D eigenvalue weighted by Crippen LogP contribution is -2.25. The second-order valence-corrected chi connectivity index (χ2v) is 8.39. The van der Waals surface area contributed by atoms with Crippen LogP contribution in [-0.2, 0) is 10.9 Å². The Morgan fingerprint density at radius 1 is 1.14 bits per heavy atom. The van der Waals surface area contributed by atoms with Gasteiger partial charge in [0.05, 0.1) is 23.2 Å². The zero-order valence-electron chi connectivity index (χ0n) is 18.5. The van der Waals surface area contributed by atoms with Crippen molar-refractivity contribution in [3.05, 3.63) is 86.6 Å². The molecule has 0 aliphatic heterocycles. The summed E-state index contributed by atoms with van der Waals surface area (Å²) >= 11 is 0.950. The molecule has 180 valence electrons. The summed E-state index contributed by atoms with van der Waals surface area (Å²) in [7, 11) is 0. The molecule has 0 atom stereocenters. The van der Waals surface area contributed by atoms with E-state index >= 15 is 0 Å². The van der Waals surface area contributed by atoms with Crippen molar-refractivity contribution in [2.75, 3.05) is 11.9 Å². The molecule has 0 spiro atoms. The standard InChI is InChI=1S/C24H18F3N3O4S/c1-3-34-23(33)19-17-12-35-21(28-20(31)14-5-4-6-15(11-14)24(25,26)27)18(17)22(32)30(29-19)16-9-7-13(2)8-10-16/h4-12H,3H2,1-2H3,(H,28,31). The van der Waals surface area contributed by atoms with Gasteiger partial charge in [0.25, 0.3) is 11.5 Å². The highest BCUT2D eigenvalue weighted by Crippen LogP contribution is 2.32. The molecule has 2 aromatic heterocycles. The monoisotopic (exact) mass is 501 g/mol. The number of thiophene rings is 1. The summed E-state index contributed by atoms with van der Waals surface area (Å²) in [6.07, 6.45) is -4.62. The number of esters is 1. The number of aryl methyl sites for hydroxylation is 1. The number of halogens is 3. The van der Waals surface area contributed by atoms with Gasteiger partial charge in [-0.1, -0.05) is 23.8 Å². The summed E-state index contributed by atoms with van der Waals surface area (Å²) in [4.78, 5) is 38.8. The Morgan fingerprint density at radius 3 is 2.51 bits per heavy atom. The number of anilines is 1. The lowest BCUT2D eigenvalue weighted by Gasteiger charge is -2.11. The molecule has 4 aromatic rings. The Kier molecular flexibility index (Phi) is 6.44. The fourth-order valence-electron chi connectivity index (χ4n) is 3.36. The van der Waals surface area contributed by atoms with E-state index in [1.54, 1.807) is 31.2 Å². The van der Waals surface area contributed by atoms with Crippen molar-refractivity contribution < 1.29 is 27.5 Å². The van der Waals surface area contributed by atoms with E-state index in [1.165, 1.54) is 11.4 Å². The highest BCUT2D eigenvalue weighted by molar-refractivity contribution is 7.16. The normalized spacial score (nSPS) is 11.5. The summed E-state index contributed by atoms with van der Waals surface area (Å²) in [6, 6.07) is 10.8. The molecule has 11 heteroatoms. The largest absolute Gasteiger partial charge is 0.461 e. The first-order valence-electron chi connectivity index (χ1n) is 10.4. The van der Waals surface area contributed by atoms with E-state index in [9.17, 15) is 27.6 Å². The zero-order chi connectivity index (χ0) is 25.3. The van der Waals surface area contributed by atoms with Crippen molar-refractivity contribution in [2.24, 2.45) is 0 Å². The van der Waals surface area contributed by atoms with Crippen LogP contribution in [0.15, 0.2) is 58.7 Å². The minimum atomic E-state index is -4.62. The number of hydrogen-bond donors (Lipinski definition) is 1. The maximum atomic E-state index is 13.4. The van der Waals surface area contributed by atoms with Crippen LogP contribution in [0.2, 0.25) is 0 Å². The van der Waals surface area contributed by atoms with Crippen molar-refractivity contribution in [2.45, 2.75) is 20.0 Å². The lowest BCUT2D eigenvalue weighted by atomic mass is 10.1. The second kappa shape index (κ2) is 9.34. The van der Waals surface area contributed by atoms with Crippen LogP contribution in [0.5, 0.6) is 0 Å². The Hall–Kier alpha value is -3.99. The molecule has 0 aliphatic rings. The van der Waals surface area contributed by atoms with Gasteiger partial charge in [0.2, 0.25) is 0 Å². The summed E-state index contributed by atoms with van der Waals surface area (Å²) < 4.78 is 45.3. The summed E-state index contributed by atoms with van der Waals surface area (Å²) in [5, 5.41) is 8.41. The van der Waals surface area contributed by atoms with Gasteiger partial charge < -0.3 is 10.1 Å². The summed E-state index contributed by atoms with van der Waals surface area (Å²) in [6.45, 7) is 3.57. The number of aromatic nitrogens is 2. The van der Waals surface area contributed by atoms with E-state index in [4.69, 9.17) is 4.74 Å². The molecule has 0 bridgehead atoms. The molecule has 2 aromatic carbocycles. The van der Waals surface area contributed by atoms with Crippen molar-refractivity contribution in [3.8, 4) is 5.69 Å². The van der Waals surface area contributed by atoms with Crippen molar-refractivity contribution in [1.82, 2.24) is 9.78 Å². The number of carbonyl (C=O) groups is 2. The van der Waals surface area contributed by atoms with Crippen LogP contribution in [0.25, 0.3) is 16.5 Å². The maximum Gasteiger partial charge on any atom is 0.416 e. The minimum Gasteiger partial charge on any atom is -0.461 e. The van der Waals surface area contributed by atoms with Crippen molar-refractivity contribution in [1.29, 1.82) is 0 Å². The van der Waals surface area contributed by atoms with Crippen molar-refractivity contribution in [3.63, 3.8) is 0 Å². The van der Waals surface area contributed by atoms with Crippen LogP contribution in [-0.4, -0.2) is 28.3 Å². The number of alkyl halides is 3. The van der Waals surface area contributed by atoms with E-state index in [0.29, 0.717) is 5.69 Å². The number of carbonyl (C=O) groups excluding carboxylic acids is 2. The first kappa shape index (κ1) is 24.1. The lowest BCUT2D eigenvalue weighted by molar-refractivity contribution is -0.137. The van der Waals surface area contributed by atoms with Gasteiger partial charge in [0.15, 0.2) is 5.69 Å². The van der Waals surface area contributed by atoms with Gasteiger partial charge in [-0.15, -0.1) is 11.3 Å². The number of ether oxygens (including phenoxy) is 1. The number of nitrogens with one attached hydrogen (secondary N) is 1. The third-order valence-electron chi connectivity index (χ3n) is 5.08. The average Bonchev–Trinajstić information content (AvgIpc) is 3.24. The molecular formula is C24H18F3N3O4S. The summed E-state index contributed by atoms with van der Waals surface area (Å²) in [5.41, 5.74) is -0.626. The van der Waals surface area contributed by atoms with Gasteiger partial charge in [-0.05, 0) is 44.2 Å². The molecular weight excluding hydrogens is 483 g/mol. The molecule has 7 nitrogen and oxygen atoms in total. The number of benzene rings is 2. The Balaban J connectivity index is 1.84. The molecule has 0 saturated carbocycles. The third-order valence-corrected chi connectivity index (χ3v) is 5.97. The molecule has 0 unspecified atom stereocenters. The van der Waals surface area contributed by atoms with Crippen LogP contribution in [0, 0.1) is 6.92 Å². The number of amides is 1.